The van der Waals surface area contributed by atoms with Crippen molar-refractivity contribution in [3.05, 3.63) is 48.6 Å². The molecule has 3 aliphatic rings. The van der Waals surface area contributed by atoms with Crippen molar-refractivity contribution in [3.63, 3.8) is 0 Å². The second-order valence-corrected chi connectivity index (χ2v) is 9.10. The highest BCUT2D eigenvalue weighted by Crippen LogP contribution is 2.57. The number of fused-ring (bicyclic) bond motifs is 6. The van der Waals surface area contributed by atoms with Crippen LogP contribution < -0.4 is 4.90 Å². The Labute approximate surface area is 142 Å². The van der Waals surface area contributed by atoms with Gasteiger partial charge in [-0.1, -0.05) is 36.4 Å². The zero-order valence-electron chi connectivity index (χ0n) is 13.8. The van der Waals surface area contributed by atoms with Crippen LogP contribution in [0.25, 0.3) is 10.8 Å². The fourth-order valence-electron chi connectivity index (χ4n) is 4.71. The molecule has 1 saturated heterocycles. The summed E-state index contributed by atoms with van der Waals surface area (Å²) in [7, 11) is 0.515. The van der Waals surface area contributed by atoms with Crippen molar-refractivity contribution in [1.29, 1.82) is 0 Å². The molecule has 1 saturated carbocycles. The van der Waals surface area contributed by atoms with Crippen molar-refractivity contribution in [2.24, 2.45) is 11.8 Å². The summed E-state index contributed by atoms with van der Waals surface area (Å²) in [5.74, 6) is 0.837. The van der Waals surface area contributed by atoms with E-state index in [0.717, 1.165) is 22.9 Å². The highest BCUT2D eigenvalue weighted by atomic mass is 32.2. The van der Waals surface area contributed by atoms with Crippen molar-refractivity contribution in [3.8, 4) is 0 Å². The number of nitrogens with zero attached hydrogens (tertiary/aromatic N) is 2. The van der Waals surface area contributed by atoms with Gasteiger partial charge in [0.1, 0.15) is 0 Å². The van der Waals surface area contributed by atoms with Crippen LogP contribution in [-0.2, 0) is 10.0 Å². The summed E-state index contributed by atoms with van der Waals surface area (Å²) in [6, 6.07) is 11.9. The smallest absolute Gasteiger partial charge is 0.244 e. The van der Waals surface area contributed by atoms with Crippen LogP contribution in [0.2, 0.25) is 0 Å². The molecule has 4 atom stereocenters. The Balaban J connectivity index is 1.64. The van der Waals surface area contributed by atoms with Gasteiger partial charge in [0, 0.05) is 42.6 Å². The van der Waals surface area contributed by atoms with Crippen LogP contribution in [-0.4, -0.2) is 38.9 Å². The minimum atomic E-state index is -3.45. The summed E-state index contributed by atoms with van der Waals surface area (Å²) in [4.78, 5) is 2.46. The normalized spacial score (nSPS) is 33.0. The molecule has 0 spiro atoms. The second kappa shape index (κ2) is 4.61. The molecule has 2 fully saturated rings. The Morgan fingerprint density at radius 1 is 0.958 bits per heavy atom. The molecular weight excluding hydrogens is 320 g/mol. The van der Waals surface area contributed by atoms with E-state index in [1.54, 1.807) is 10.4 Å². The summed E-state index contributed by atoms with van der Waals surface area (Å²) in [5.41, 5.74) is 1.04. The Morgan fingerprint density at radius 2 is 1.58 bits per heavy atom. The molecule has 2 aliphatic carbocycles. The maximum absolute atomic E-state index is 13.3. The molecule has 1 aliphatic heterocycles. The number of rotatable bonds is 3. The Kier molecular flexibility index (Phi) is 2.78. The van der Waals surface area contributed by atoms with Crippen molar-refractivity contribution >= 4 is 26.5 Å². The minimum absolute atomic E-state index is 0.192. The molecule has 0 N–H and O–H groups in total. The van der Waals surface area contributed by atoms with Crippen LogP contribution in [0.1, 0.15) is 6.42 Å². The SMILES string of the molecule is CN(C)c1cccc2c(S(=O)(=O)N3C4C5C=CC(C5)C43)cccc12. The molecule has 4 nitrogen and oxygen atoms in total. The van der Waals surface area contributed by atoms with Gasteiger partial charge < -0.3 is 4.90 Å². The number of benzene rings is 2. The summed E-state index contributed by atoms with van der Waals surface area (Å²) < 4.78 is 28.4. The Morgan fingerprint density at radius 3 is 2.25 bits per heavy atom. The maximum Gasteiger partial charge on any atom is 0.244 e. The largest absolute Gasteiger partial charge is 0.377 e. The second-order valence-electron chi connectivity index (χ2n) is 7.29. The number of sulfonamides is 1. The van der Waals surface area contributed by atoms with E-state index in [9.17, 15) is 8.42 Å². The molecule has 4 unspecified atom stereocenters. The first kappa shape index (κ1) is 14.5. The molecule has 5 heteroatoms. The standard InChI is InChI=1S/C19H20N2O2S/c1-20(2)16-7-3-6-15-14(16)5-4-8-17(15)24(22,23)21-18-12-9-10-13(11-12)19(18)21/h3-10,12-13,18-19H,11H2,1-2H3. The van der Waals surface area contributed by atoms with Gasteiger partial charge in [0.15, 0.2) is 0 Å². The zero-order valence-corrected chi connectivity index (χ0v) is 14.6. The van der Waals surface area contributed by atoms with Crippen LogP contribution in [0.4, 0.5) is 5.69 Å². The lowest BCUT2D eigenvalue weighted by Crippen LogP contribution is -2.21. The highest BCUT2D eigenvalue weighted by molar-refractivity contribution is 7.89. The van der Waals surface area contributed by atoms with Gasteiger partial charge in [0.05, 0.1) is 4.90 Å². The molecule has 2 bridgehead atoms. The van der Waals surface area contributed by atoms with E-state index >= 15 is 0 Å². The van der Waals surface area contributed by atoms with Gasteiger partial charge in [-0.05, 0) is 30.4 Å². The average molecular weight is 340 g/mol. The summed E-state index contributed by atoms with van der Waals surface area (Å²) in [6.45, 7) is 0. The Hall–Kier alpha value is -1.85. The molecule has 0 radical (unpaired) electrons. The van der Waals surface area contributed by atoms with Gasteiger partial charge in [-0.3, -0.25) is 0 Å². The van der Waals surface area contributed by atoms with E-state index in [1.165, 1.54) is 0 Å². The predicted molar refractivity (Wildman–Crippen MR) is 95.6 cm³/mol. The summed E-state index contributed by atoms with van der Waals surface area (Å²) in [6.07, 6.45) is 5.53. The van der Waals surface area contributed by atoms with Crippen LogP contribution >= 0.6 is 0 Å². The molecule has 2 aromatic rings. The predicted octanol–water partition coefficient (Wildman–Crippen LogP) is 2.85. The van der Waals surface area contributed by atoms with E-state index in [1.807, 2.05) is 49.3 Å². The maximum atomic E-state index is 13.3. The lowest BCUT2D eigenvalue weighted by Gasteiger charge is -2.18. The van der Waals surface area contributed by atoms with Gasteiger partial charge in [-0.15, -0.1) is 0 Å². The van der Waals surface area contributed by atoms with Crippen molar-refractivity contribution < 1.29 is 8.42 Å². The van der Waals surface area contributed by atoms with Gasteiger partial charge in [0.25, 0.3) is 0 Å². The summed E-state index contributed by atoms with van der Waals surface area (Å²) in [5, 5.41) is 1.80. The average Bonchev–Trinajstić information content (AvgIpc) is 3.05. The molecule has 24 heavy (non-hydrogen) atoms. The number of hydrogen-bond acceptors (Lipinski definition) is 3. The van der Waals surface area contributed by atoms with E-state index in [0.29, 0.717) is 16.7 Å². The number of piperidine rings is 1. The van der Waals surface area contributed by atoms with E-state index in [4.69, 9.17) is 0 Å². The molecule has 0 aromatic heterocycles. The van der Waals surface area contributed by atoms with Gasteiger partial charge >= 0.3 is 0 Å². The third kappa shape index (κ3) is 1.74. The fraction of sp³-hybridized carbons (Fsp3) is 0.368. The molecule has 2 aromatic carbocycles. The van der Waals surface area contributed by atoms with Gasteiger partial charge in [-0.25, -0.2) is 8.42 Å². The lowest BCUT2D eigenvalue weighted by molar-refractivity contribution is 0.464. The highest BCUT2D eigenvalue weighted by Gasteiger charge is 2.66. The van der Waals surface area contributed by atoms with Gasteiger partial charge in [0.2, 0.25) is 10.0 Å². The fourth-order valence-corrected chi connectivity index (χ4v) is 6.79. The van der Waals surface area contributed by atoms with Crippen molar-refractivity contribution in [2.45, 2.75) is 23.4 Å². The number of hydrogen-bond donors (Lipinski definition) is 0. The van der Waals surface area contributed by atoms with Crippen LogP contribution in [0.15, 0.2) is 53.4 Å². The van der Waals surface area contributed by atoms with Crippen molar-refractivity contribution in [1.82, 2.24) is 4.31 Å². The third-order valence-corrected chi connectivity index (χ3v) is 7.73. The number of anilines is 1. The molecule has 0 amide bonds. The zero-order chi connectivity index (χ0) is 16.6. The Bertz CT molecular complexity index is 962. The lowest BCUT2D eigenvalue weighted by atomic mass is 10.1. The van der Waals surface area contributed by atoms with Gasteiger partial charge in [-0.2, -0.15) is 4.31 Å². The molecule has 1 heterocycles. The summed E-state index contributed by atoms with van der Waals surface area (Å²) >= 11 is 0. The monoisotopic (exact) mass is 340 g/mol. The van der Waals surface area contributed by atoms with Crippen LogP contribution in [0.5, 0.6) is 0 Å². The van der Waals surface area contributed by atoms with Crippen LogP contribution in [0, 0.1) is 11.8 Å². The molecule has 5 rings (SSSR count). The quantitative estimate of drug-likeness (QED) is 0.637. The first-order valence-corrected chi connectivity index (χ1v) is 9.85. The van der Waals surface area contributed by atoms with E-state index < -0.39 is 10.0 Å². The first-order chi connectivity index (χ1) is 11.5. The third-order valence-electron chi connectivity index (χ3n) is 5.77. The van der Waals surface area contributed by atoms with E-state index in [2.05, 4.69) is 12.2 Å². The van der Waals surface area contributed by atoms with E-state index in [-0.39, 0.29) is 12.1 Å². The topological polar surface area (TPSA) is 40.4 Å². The minimum Gasteiger partial charge on any atom is -0.377 e. The van der Waals surface area contributed by atoms with Crippen molar-refractivity contribution in [2.75, 3.05) is 19.0 Å². The molecular formula is C19H20N2O2S. The molecule has 124 valence electrons. The first-order valence-electron chi connectivity index (χ1n) is 8.41. The van der Waals surface area contributed by atoms with Crippen LogP contribution in [0.3, 0.4) is 0 Å².